The third-order valence-corrected chi connectivity index (χ3v) is 4.02. The number of nitrogens with two attached hydrogens (primary N) is 1. The third-order valence-electron chi connectivity index (χ3n) is 3.07. The van der Waals surface area contributed by atoms with Crippen molar-refractivity contribution in [3.63, 3.8) is 0 Å². The van der Waals surface area contributed by atoms with Crippen LogP contribution in [-0.4, -0.2) is 15.0 Å². The Morgan fingerprint density at radius 1 is 1.35 bits per heavy atom. The molecule has 3 aromatic rings. The smallest absolute Gasteiger partial charge is 0.223 e. The maximum Gasteiger partial charge on any atom is 0.223 e. The quantitative estimate of drug-likeness (QED) is 0.773. The molecule has 102 valence electrons. The molecule has 0 amide bonds. The van der Waals surface area contributed by atoms with Crippen molar-refractivity contribution in [2.24, 2.45) is 0 Å². The molecule has 0 radical (unpaired) electrons. The lowest BCUT2D eigenvalue weighted by Crippen LogP contribution is -2.09. The highest BCUT2D eigenvalue weighted by atomic mass is 32.1. The number of rotatable bonds is 3. The number of hydrogen-bond acceptors (Lipinski definition) is 6. The number of anilines is 2. The van der Waals surface area contributed by atoms with Crippen molar-refractivity contribution in [2.75, 3.05) is 11.1 Å². The highest BCUT2D eigenvalue weighted by molar-refractivity contribution is 7.18. The molecule has 3 rings (SSSR count). The molecule has 0 saturated heterocycles. The Labute approximate surface area is 120 Å². The molecule has 0 aliphatic carbocycles. The molecule has 0 aliphatic rings. The Morgan fingerprint density at radius 2 is 2.20 bits per heavy atom. The van der Waals surface area contributed by atoms with Crippen LogP contribution < -0.4 is 11.1 Å². The number of aryl methyl sites for hydroxylation is 1. The first kappa shape index (κ1) is 12.8. The lowest BCUT2D eigenvalue weighted by atomic mass is 10.1. The fourth-order valence-corrected chi connectivity index (χ4v) is 2.98. The van der Waals surface area contributed by atoms with E-state index in [4.69, 9.17) is 5.73 Å². The molecule has 0 aromatic carbocycles. The zero-order chi connectivity index (χ0) is 14.1. The van der Waals surface area contributed by atoms with E-state index >= 15 is 0 Å². The molecule has 3 heterocycles. The van der Waals surface area contributed by atoms with Crippen LogP contribution in [0.1, 0.15) is 23.4 Å². The van der Waals surface area contributed by atoms with Gasteiger partial charge in [-0.15, -0.1) is 11.3 Å². The van der Waals surface area contributed by atoms with Gasteiger partial charge in [0.2, 0.25) is 5.95 Å². The summed E-state index contributed by atoms with van der Waals surface area (Å²) in [6, 6.07) is 6.14. The van der Waals surface area contributed by atoms with Crippen LogP contribution >= 0.6 is 11.3 Å². The van der Waals surface area contributed by atoms with Crippen LogP contribution in [0.25, 0.3) is 10.2 Å². The summed E-state index contributed by atoms with van der Waals surface area (Å²) in [4.78, 5) is 14.8. The van der Waals surface area contributed by atoms with Crippen LogP contribution in [0.3, 0.4) is 0 Å². The van der Waals surface area contributed by atoms with Gasteiger partial charge < -0.3 is 11.1 Å². The second-order valence-electron chi connectivity index (χ2n) is 4.66. The predicted octanol–water partition coefficient (Wildman–Crippen LogP) is 3.15. The predicted molar refractivity (Wildman–Crippen MR) is 82.8 cm³/mol. The molecule has 3 N–H and O–H groups in total. The maximum absolute atomic E-state index is 5.78. The van der Waals surface area contributed by atoms with E-state index in [1.807, 2.05) is 18.3 Å². The molecule has 0 aliphatic heterocycles. The highest BCUT2D eigenvalue weighted by Gasteiger charge is 2.12. The molecule has 5 nitrogen and oxygen atoms in total. The lowest BCUT2D eigenvalue weighted by molar-refractivity contribution is 0.868. The molecule has 0 spiro atoms. The largest absolute Gasteiger partial charge is 0.368 e. The molecule has 0 fully saturated rings. The minimum Gasteiger partial charge on any atom is -0.368 e. The van der Waals surface area contributed by atoms with E-state index < -0.39 is 0 Å². The molecule has 1 unspecified atom stereocenters. The number of aromatic nitrogens is 3. The Bertz CT molecular complexity index is 738. The van der Waals surface area contributed by atoms with Crippen molar-refractivity contribution in [3.8, 4) is 0 Å². The van der Waals surface area contributed by atoms with Crippen LogP contribution in [-0.2, 0) is 0 Å². The Balaban J connectivity index is 1.98. The summed E-state index contributed by atoms with van der Waals surface area (Å²) in [5.41, 5.74) is 6.88. The number of nitrogen functional groups attached to an aromatic ring is 1. The van der Waals surface area contributed by atoms with Crippen LogP contribution in [0.2, 0.25) is 0 Å². The molecule has 0 saturated carbocycles. The molecule has 20 heavy (non-hydrogen) atoms. The molecule has 1 atom stereocenters. The van der Waals surface area contributed by atoms with Crippen molar-refractivity contribution in [3.05, 3.63) is 41.0 Å². The highest BCUT2D eigenvalue weighted by Crippen LogP contribution is 2.30. The van der Waals surface area contributed by atoms with E-state index in [1.165, 1.54) is 4.88 Å². The minimum absolute atomic E-state index is 0.0985. The Kier molecular flexibility index (Phi) is 3.23. The van der Waals surface area contributed by atoms with Crippen LogP contribution in [0.4, 0.5) is 11.8 Å². The maximum atomic E-state index is 5.78. The number of thiophene rings is 1. The molecule has 6 heteroatoms. The van der Waals surface area contributed by atoms with Gasteiger partial charge in [-0.1, -0.05) is 6.07 Å². The fraction of sp³-hybridized carbons (Fsp3) is 0.214. The second kappa shape index (κ2) is 5.05. The van der Waals surface area contributed by atoms with Crippen molar-refractivity contribution in [1.82, 2.24) is 15.0 Å². The van der Waals surface area contributed by atoms with Gasteiger partial charge in [0.1, 0.15) is 10.6 Å². The minimum atomic E-state index is 0.0985. The number of nitrogens with zero attached hydrogens (tertiary/aromatic N) is 3. The first-order valence-corrected chi connectivity index (χ1v) is 7.15. The van der Waals surface area contributed by atoms with E-state index in [0.717, 1.165) is 21.6 Å². The number of pyridine rings is 1. The van der Waals surface area contributed by atoms with Gasteiger partial charge in [0.15, 0.2) is 0 Å². The van der Waals surface area contributed by atoms with Crippen molar-refractivity contribution >= 4 is 33.3 Å². The zero-order valence-corrected chi connectivity index (χ0v) is 12.1. The summed E-state index contributed by atoms with van der Waals surface area (Å²) < 4.78 is 0. The van der Waals surface area contributed by atoms with Crippen LogP contribution in [0.15, 0.2) is 30.6 Å². The zero-order valence-electron chi connectivity index (χ0n) is 11.3. The summed E-state index contributed by atoms with van der Waals surface area (Å²) in [6.07, 6.45) is 3.61. The first-order valence-electron chi connectivity index (χ1n) is 6.33. The third kappa shape index (κ3) is 2.42. The SMILES string of the molecule is Cc1cc2c(NC(C)c3cccnc3)nc(N)nc2s1. The van der Waals surface area contributed by atoms with Crippen LogP contribution in [0, 0.1) is 6.92 Å². The molecule has 0 bridgehead atoms. The van der Waals surface area contributed by atoms with E-state index in [2.05, 4.69) is 40.2 Å². The van der Waals surface area contributed by atoms with E-state index in [1.54, 1.807) is 17.5 Å². The van der Waals surface area contributed by atoms with Gasteiger partial charge in [0.25, 0.3) is 0 Å². The summed E-state index contributed by atoms with van der Waals surface area (Å²) in [7, 11) is 0. The van der Waals surface area contributed by atoms with Gasteiger partial charge in [-0.25, -0.2) is 4.98 Å². The van der Waals surface area contributed by atoms with Gasteiger partial charge in [0, 0.05) is 17.3 Å². The fourth-order valence-electron chi connectivity index (χ4n) is 2.09. The average molecular weight is 285 g/mol. The lowest BCUT2D eigenvalue weighted by Gasteiger charge is -2.15. The van der Waals surface area contributed by atoms with Gasteiger partial charge >= 0.3 is 0 Å². The summed E-state index contributed by atoms with van der Waals surface area (Å²) in [5, 5.41) is 4.40. The summed E-state index contributed by atoms with van der Waals surface area (Å²) in [6.45, 7) is 4.12. The van der Waals surface area contributed by atoms with Gasteiger partial charge in [-0.2, -0.15) is 4.98 Å². The molecular weight excluding hydrogens is 270 g/mol. The van der Waals surface area contributed by atoms with Crippen LogP contribution in [0.5, 0.6) is 0 Å². The standard InChI is InChI=1S/C14H15N5S/c1-8-6-11-12(18-14(15)19-13(11)20-8)17-9(2)10-4-3-5-16-7-10/h3-7,9H,1-2H3,(H3,15,17,18,19). The second-order valence-corrected chi connectivity index (χ2v) is 5.89. The number of hydrogen-bond donors (Lipinski definition) is 2. The van der Waals surface area contributed by atoms with Gasteiger partial charge in [-0.05, 0) is 31.5 Å². The summed E-state index contributed by atoms with van der Waals surface area (Å²) in [5.74, 6) is 1.06. The first-order chi connectivity index (χ1) is 9.63. The number of fused-ring (bicyclic) bond motifs is 1. The normalized spacial score (nSPS) is 12.5. The van der Waals surface area contributed by atoms with Crippen molar-refractivity contribution in [2.45, 2.75) is 19.9 Å². The van der Waals surface area contributed by atoms with Crippen molar-refractivity contribution < 1.29 is 0 Å². The van der Waals surface area contributed by atoms with E-state index in [9.17, 15) is 0 Å². The van der Waals surface area contributed by atoms with Gasteiger partial charge in [-0.3, -0.25) is 4.98 Å². The Morgan fingerprint density at radius 3 is 2.95 bits per heavy atom. The monoisotopic (exact) mass is 285 g/mol. The van der Waals surface area contributed by atoms with E-state index in [0.29, 0.717) is 5.95 Å². The van der Waals surface area contributed by atoms with E-state index in [-0.39, 0.29) is 6.04 Å². The summed E-state index contributed by atoms with van der Waals surface area (Å²) >= 11 is 1.62. The number of nitrogens with one attached hydrogen (secondary N) is 1. The molecule has 3 aromatic heterocycles. The average Bonchev–Trinajstić information content (AvgIpc) is 2.80. The molecular formula is C14H15N5S. The Hall–Kier alpha value is -2.21. The van der Waals surface area contributed by atoms with Gasteiger partial charge in [0.05, 0.1) is 11.4 Å². The van der Waals surface area contributed by atoms with Crippen molar-refractivity contribution in [1.29, 1.82) is 0 Å². The topological polar surface area (TPSA) is 76.7 Å².